The molecule has 0 aromatic rings. The van der Waals surface area contributed by atoms with Gasteiger partial charge in [0, 0.05) is 25.4 Å². The van der Waals surface area contributed by atoms with Crippen LogP contribution in [0.4, 0.5) is 0 Å². The van der Waals surface area contributed by atoms with E-state index in [1.807, 2.05) is 37.4 Å². The van der Waals surface area contributed by atoms with Gasteiger partial charge in [-0.3, -0.25) is 4.79 Å². The number of hydrogen-bond donors (Lipinski definition) is 1. The Morgan fingerprint density at radius 3 is 2.78 bits per heavy atom. The van der Waals surface area contributed by atoms with Gasteiger partial charge in [-0.1, -0.05) is 6.92 Å². The number of hydrogen-bond acceptors (Lipinski definition) is 4. The van der Waals surface area contributed by atoms with Crippen LogP contribution in [0.1, 0.15) is 27.2 Å². The summed E-state index contributed by atoms with van der Waals surface area (Å²) in [5.41, 5.74) is -0.490. The molecular weight excluding hydrogens is 248 g/mol. The summed E-state index contributed by atoms with van der Waals surface area (Å²) < 4.78 is 5.13. The number of ether oxygens (including phenoxy) is 1. The highest BCUT2D eigenvalue weighted by molar-refractivity contribution is 7.99. The summed E-state index contributed by atoms with van der Waals surface area (Å²) in [6.45, 7) is 8.04. The van der Waals surface area contributed by atoms with Gasteiger partial charge in [0.2, 0.25) is 5.91 Å². The maximum atomic E-state index is 12.6. The van der Waals surface area contributed by atoms with Crippen LogP contribution < -0.4 is 5.32 Å². The van der Waals surface area contributed by atoms with Gasteiger partial charge < -0.3 is 15.0 Å². The molecule has 18 heavy (non-hydrogen) atoms. The predicted octanol–water partition coefficient (Wildman–Crippen LogP) is 1.36. The molecule has 0 bridgehead atoms. The molecule has 1 rings (SSSR count). The van der Waals surface area contributed by atoms with Crippen LogP contribution in [0.3, 0.4) is 0 Å². The predicted molar refractivity (Wildman–Crippen MR) is 77.1 cm³/mol. The lowest BCUT2D eigenvalue weighted by Crippen LogP contribution is -2.57. The molecule has 1 amide bonds. The first-order valence-corrected chi connectivity index (χ1v) is 7.81. The largest absolute Gasteiger partial charge is 0.383 e. The molecule has 0 radical (unpaired) electrons. The number of nitrogens with zero attached hydrogens (tertiary/aromatic N) is 1. The van der Waals surface area contributed by atoms with E-state index in [0.29, 0.717) is 19.2 Å². The number of carbonyl (C=O) groups excluding carboxylic acids is 1. The number of likely N-dealkylation sites (N-methyl/N-ethyl adjacent to an activating group) is 1. The number of amides is 1. The molecule has 0 saturated carbocycles. The second-order valence-corrected chi connectivity index (χ2v) is 6.31. The topological polar surface area (TPSA) is 41.6 Å². The van der Waals surface area contributed by atoms with Crippen LogP contribution in [0.5, 0.6) is 0 Å². The van der Waals surface area contributed by atoms with Crippen LogP contribution in [0.25, 0.3) is 0 Å². The van der Waals surface area contributed by atoms with E-state index < -0.39 is 5.54 Å². The molecule has 1 aliphatic rings. The van der Waals surface area contributed by atoms with Gasteiger partial charge in [0.15, 0.2) is 0 Å². The Labute approximate surface area is 115 Å². The lowest BCUT2D eigenvalue weighted by Gasteiger charge is -2.36. The van der Waals surface area contributed by atoms with E-state index in [9.17, 15) is 4.79 Å². The van der Waals surface area contributed by atoms with Gasteiger partial charge in [0.05, 0.1) is 12.1 Å². The highest BCUT2D eigenvalue weighted by Crippen LogP contribution is 2.24. The Morgan fingerprint density at radius 2 is 2.28 bits per heavy atom. The van der Waals surface area contributed by atoms with Crippen molar-refractivity contribution in [3.8, 4) is 0 Å². The van der Waals surface area contributed by atoms with Crippen molar-refractivity contribution >= 4 is 17.7 Å². The summed E-state index contributed by atoms with van der Waals surface area (Å²) in [5, 5.41) is 3.26. The van der Waals surface area contributed by atoms with Crippen molar-refractivity contribution < 1.29 is 9.53 Å². The zero-order chi connectivity index (χ0) is 13.6. The molecule has 1 atom stereocenters. The standard InChI is InChI=1S/C13H26N2O2S/c1-5-14-13(2,3)12(16)15(7-8-17-4)11-6-9-18-10-11/h11,14H,5-10H2,1-4H3. The summed E-state index contributed by atoms with van der Waals surface area (Å²) in [7, 11) is 1.68. The van der Waals surface area contributed by atoms with Crippen LogP contribution in [0.2, 0.25) is 0 Å². The third-order valence-corrected chi connectivity index (χ3v) is 4.44. The van der Waals surface area contributed by atoms with Gasteiger partial charge in [-0.15, -0.1) is 0 Å². The van der Waals surface area contributed by atoms with E-state index in [0.717, 1.165) is 24.5 Å². The van der Waals surface area contributed by atoms with Crippen LogP contribution in [0, 0.1) is 0 Å². The first-order valence-electron chi connectivity index (χ1n) is 6.65. The Hall–Kier alpha value is -0.260. The molecule has 1 unspecified atom stereocenters. The third-order valence-electron chi connectivity index (χ3n) is 3.30. The van der Waals surface area contributed by atoms with Crippen molar-refractivity contribution in [2.75, 3.05) is 38.3 Å². The first-order chi connectivity index (χ1) is 8.53. The molecule has 106 valence electrons. The van der Waals surface area contributed by atoms with Crippen molar-refractivity contribution in [2.24, 2.45) is 0 Å². The van der Waals surface area contributed by atoms with Gasteiger partial charge in [-0.25, -0.2) is 0 Å². The third kappa shape index (κ3) is 4.14. The summed E-state index contributed by atoms with van der Waals surface area (Å²) in [4.78, 5) is 14.7. The molecule has 0 aromatic carbocycles. The van der Waals surface area contributed by atoms with Crippen LogP contribution >= 0.6 is 11.8 Å². The van der Waals surface area contributed by atoms with E-state index in [4.69, 9.17) is 4.74 Å². The lowest BCUT2D eigenvalue weighted by atomic mass is 10.0. The number of nitrogens with one attached hydrogen (secondary N) is 1. The molecule has 1 fully saturated rings. The zero-order valence-corrected chi connectivity index (χ0v) is 12.8. The SMILES string of the molecule is CCNC(C)(C)C(=O)N(CCOC)C1CCSC1. The smallest absolute Gasteiger partial charge is 0.242 e. The van der Waals surface area contributed by atoms with Crippen LogP contribution in [0.15, 0.2) is 0 Å². The molecule has 1 saturated heterocycles. The Bertz CT molecular complexity index is 266. The maximum Gasteiger partial charge on any atom is 0.242 e. The monoisotopic (exact) mass is 274 g/mol. The van der Waals surface area contributed by atoms with Gasteiger partial charge in [-0.05, 0) is 32.6 Å². The maximum absolute atomic E-state index is 12.6. The average molecular weight is 274 g/mol. The number of thioether (sulfide) groups is 1. The molecule has 0 spiro atoms. The van der Waals surface area contributed by atoms with Crippen molar-refractivity contribution in [3.05, 3.63) is 0 Å². The minimum absolute atomic E-state index is 0.189. The average Bonchev–Trinajstić information content (AvgIpc) is 2.83. The minimum Gasteiger partial charge on any atom is -0.383 e. The van der Waals surface area contributed by atoms with E-state index in [2.05, 4.69) is 5.32 Å². The first kappa shape index (κ1) is 15.8. The Kier molecular flexibility index (Phi) is 6.46. The fourth-order valence-electron chi connectivity index (χ4n) is 2.28. The highest BCUT2D eigenvalue weighted by Gasteiger charge is 2.35. The highest BCUT2D eigenvalue weighted by atomic mass is 32.2. The van der Waals surface area contributed by atoms with Crippen molar-refractivity contribution in [1.29, 1.82) is 0 Å². The molecule has 0 aliphatic carbocycles. The van der Waals surface area contributed by atoms with Gasteiger partial charge in [-0.2, -0.15) is 11.8 Å². The number of rotatable bonds is 7. The van der Waals surface area contributed by atoms with Crippen molar-refractivity contribution in [2.45, 2.75) is 38.8 Å². The minimum atomic E-state index is -0.490. The Balaban J connectivity index is 2.71. The van der Waals surface area contributed by atoms with Gasteiger partial charge in [0.1, 0.15) is 0 Å². The van der Waals surface area contributed by atoms with Gasteiger partial charge in [0.25, 0.3) is 0 Å². The summed E-state index contributed by atoms with van der Waals surface area (Å²) >= 11 is 1.93. The van der Waals surface area contributed by atoms with E-state index >= 15 is 0 Å². The zero-order valence-electron chi connectivity index (χ0n) is 12.0. The fraction of sp³-hybridized carbons (Fsp3) is 0.923. The number of carbonyl (C=O) groups is 1. The summed E-state index contributed by atoms with van der Waals surface area (Å²) in [6, 6.07) is 0.371. The molecular formula is C13H26N2O2S. The van der Waals surface area contributed by atoms with E-state index in [1.165, 1.54) is 0 Å². The molecule has 5 heteroatoms. The summed E-state index contributed by atoms with van der Waals surface area (Å²) in [6.07, 6.45) is 1.10. The van der Waals surface area contributed by atoms with Crippen LogP contribution in [-0.2, 0) is 9.53 Å². The quantitative estimate of drug-likeness (QED) is 0.761. The molecule has 1 N–H and O–H groups in total. The lowest BCUT2D eigenvalue weighted by molar-refractivity contribution is -0.139. The second kappa shape index (κ2) is 7.36. The van der Waals surface area contributed by atoms with Crippen molar-refractivity contribution in [3.63, 3.8) is 0 Å². The molecule has 0 aromatic heterocycles. The summed E-state index contributed by atoms with van der Waals surface area (Å²) in [5.74, 6) is 2.40. The molecule has 1 aliphatic heterocycles. The second-order valence-electron chi connectivity index (χ2n) is 5.16. The normalized spacial score (nSPS) is 20.1. The fourth-order valence-corrected chi connectivity index (χ4v) is 3.51. The van der Waals surface area contributed by atoms with Crippen LogP contribution in [-0.4, -0.2) is 60.7 Å². The Morgan fingerprint density at radius 1 is 1.56 bits per heavy atom. The van der Waals surface area contributed by atoms with Crippen molar-refractivity contribution in [1.82, 2.24) is 10.2 Å². The van der Waals surface area contributed by atoms with E-state index in [1.54, 1.807) is 7.11 Å². The molecule has 4 nitrogen and oxygen atoms in total. The molecule has 1 heterocycles. The van der Waals surface area contributed by atoms with E-state index in [-0.39, 0.29) is 5.91 Å². The number of methoxy groups -OCH3 is 1. The van der Waals surface area contributed by atoms with Gasteiger partial charge >= 0.3 is 0 Å².